The number of carbonyl (C=O) groups excluding carboxylic acids is 1. The van der Waals surface area contributed by atoms with E-state index in [0.717, 1.165) is 35.6 Å². The van der Waals surface area contributed by atoms with Crippen molar-refractivity contribution in [1.82, 2.24) is 20.2 Å². The summed E-state index contributed by atoms with van der Waals surface area (Å²) in [6.45, 7) is 4.63. The minimum Gasteiger partial charge on any atom is -0.497 e. The normalized spacial score (nSPS) is 18.4. The highest BCUT2D eigenvalue weighted by Crippen LogP contribution is 2.18. The average molecular weight is 332 g/mol. The van der Waals surface area contributed by atoms with Crippen molar-refractivity contribution in [2.45, 2.75) is 25.9 Å². The van der Waals surface area contributed by atoms with Crippen molar-refractivity contribution in [3.8, 4) is 5.75 Å². The molecule has 1 atom stereocenters. The lowest BCUT2D eigenvalue weighted by Crippen LogP contribution is -2.43. The third-order valence-corrected chi connectivity index (χ3v) is 4.12. The van der Waals surface area contributed by atoms with Gasteiger partial charge in [-0.05, 0) is 25.5 Å². The van der Waals surface area contributed by atoms with E-state index >= 15 is 0 Å². The van der Waals surface area contributed by atoms with Gasteiger partial charge in [-0.3, -0.25) is 0 Å². The standard InChI is InChI=1S/C17H24N4O3/c1-12-11-21(8-3-9-24-12)17(22)18-7-6-16-19-14-5-4-13(23-2)10-15(14)20-16/h4-5,10,12H,3,6-9,11H2,1-2H3,(H,18,22)(H,19,20)/t12-/m1/s1. The third-order valence-electron chi connectivity index (χ3n) is 4.12. The van der Waals surface area contributed by atoms with Crippen LogP contribution in [0, 0.1) is 0 Å². The molecular formula is C17H24N4O3. The molecule has 0 bridgehead atoms. The molecule has 24 heavy (non-hydrogen) atoms. The number of aromatic amines is 1. The van der Waals surface area contributed by atoms with Crippen LogP contribution in [0.2, 0.25) is 0 Å². The molecular weight excluding hydrogens is 308 g/mol. The highest BCUT2D eigenvalue weighted by Gasteiger charge is 2.19. The fourth-order valence-corrected chi connectivity index (χ4v) is 2.87. The van der Waals surface area contributed by atoms with Gasteiger partial charge in [-0.1, -0.05) is 0 Å². The van der Waals surface area contributed by atoms with Crippen molar-refractivity contribution in [1.29, 1.82) is 0 Å². The zero-order chi connectivity index (χ0) is 16.9. The second-order valence-corrected chi connectivity index (χ2v) is 6.03. The molecule has 0 unspecified atom stereocenters. The maximum Gasteiger partial charge on any atom is 0.317 e. The quantitative estimate of drug-likeness (QED) is 0.897. The molecule has 0 radical (unpaired) electrons. The molecule has 1 saturated heterocycles. The van der Waals surface area contributed by atoms with Gasteiger partial charge in [-0.25, -0.2) is 9.78 Å². The van der Waals surface area contributed by atoms with Gasteiger partial charge in [0, 0.05) is 38.7 Å². The molecule has 0 aliphatic carbocycles. The van der Waals surface area contributed by atoms with Crippen molar-refractivity contribution in [2.24, 2.45) is 0 Å². The second kappa shape index (κ2) is 7.53. The average Bonchev–Trinajstić information content (AvgIpc) is 2.85. The largest absolute Gasteiger partial charge is 0.497 e. The van der Waals surface area contributed by atoms with Crippen LogP contribution in [0.5, 0.6) is 5.75 Å². The van der Waals surface area contributed by atoms with Crippen molar-refractivity contribution in [3.63, 3.8) is 0 Å². The van der Waals surface area contributed by atoms with E-state index < -0.39 is 0 Å². The Hall–Kier alpha value is -2.28. The smallest absolute Gasteiger partial charge is 0.317 e. The lowest BCUT2D eigenvalue weighted by atomic mass is 10.3. The Labute approximate surface area is 141 Å². The summed E-state index contributed by atoms with van der Waals surface area (Å²) in [5.74, 6) is 1.65. The number of benzene rings is 1. The zero-order valence-electron chi connectivity index (χ0n) is 14.2. The zero-order valence-corrected chi connectivity index (χ0v) is 14.2. The number of hydrogen-bond acceptors (Lipinski definition) is 4. The van der Waals surface area contributed by atoms with Gasteiger partial charge < -0.3 is 24.7 Å². The van der Waals surface area contributed by atoms with Crippen molar-refractivity contribution < 1.29 is 14.3 Å². The fourth-order valence-electron chi connectivity index (χ4n) is 2.87. The molecule has 1 fully saturated rings. The van der Waals surface area contributed by atoms with Crippen LogP contribution >= 0.6 is 0 Å². The first kappa shape index (κ1) is 16.6. The maximum atomic E-state index is 12.3. The number of imidazole rings is 1. The van der Waals surface area contributed by atoms with Gasteiger partial charge in [0.15, 0.2) is 0 Å². The summed E-state index contributed by atoms with van der Waals surface area (Å²) in [7, 11) is 1.64. The highest BCUT2D eigenvalue weighted by atomic mass is 16.5. The van der Waals surface area contributed by atoms with E-state index in [1.165, 1.54) is 0 Å². The molecule has 1 aliphatic rings. The van der Waals surface area contributed by atoms with Gasteiger partial charge in [0.05, 0.1) is 24.2 Å². The van der Waals surface area contributed by atoms with Gasteiger partial charge in [-0.15, -0.1) is 0 Å². The van der Waals surface area contributed by atoms with Crippen LogP contribution in [0.3, 0.4) is 0 Å². The summed E-state index contributed by atoms with van der Waals surface area (Å²) in [5, 5.41) is 2.96. The van der Waals surface area contributed by atoms with E-state index in [1.807, 2.05) is 30.0 Å². The number of aromatic nitrogens is 2. The van der Waals surface area contributed by atoms with Crippen LogP contribution in [0.4, 0.5) is 4.79 Å². The first-order valence-corrected chi connectivity index (χ1v) is 8.32. The lowest BCUT2D eigenvalue weighted by molar-refractivity contribution is 0.0710. The Morgan fingerprint density at radius 3 is 3.25 bits per heavy atom. The van der Waals surface area contributed by atoms with Crippen LogP contribution in [-0.4, -0.2) is 60.4 Å². The molecule has 1 aromatic heterocycles. The number of fused-ring (bicyclic) bond motifs is 1. The number of methoxy groups -OCH3 is 1. The molecule has 2 N–H and O–H groups in total. The number of urea groups is 1. The summed E-state index contributed by atoms with van der Waals surface area (Å²) in [6, 6.07) is 5.69. The number of H-pyrrole nitrogens is 1. The number of carbonyl (C=O) groups is 1. The summed E-state index contributed by atoms with van der Waals surface area (Å²) >= 11 is 0. The van der Waals surface area contributed by atoms with Crippen molar-refractivity contribution in [2.75, 3.05) is 33.4 Å². The van der Waals surface area contributed by atoms with E-state index in [1.54, 1.807) is 7.11 Å². The SMILES string of the molecule is COc1ccc2nc(CCNC(=O)N3CCCO[C@H](C)C3)[nH]c2c1. The summed E-state index contributed by atoms with van der Waals surface area (Å²) in [6.07, 6.45) is 1.62. The molecule has 2 amide bonds. The van der Waals surface area contributed by atoms with E-state index in [0.29, 0.717) is 26.1 Å². The number of ether oxygens (including phenoxy) is 2. The minimum atomic E-state index is -0.0369. The van der Waals surface area contributed by atoms with Crippen LogP contribution in [-0.2, 0) is 11.2 Å². The van der Waals surface area contributed by atoms with E-state index in [2.05, 4.69) is 15.3 Å². The Bertz CT molecular complexity index is 700. The van der Waals surface area contributed by atoms with Gasteiger partial charge in [0.2, 0.25) is 0 Å². The number of hydrogen-bond donors (Lipinski definition) is 2. The first-order chi connectivity index (χ1) is 11.7. The fraction of sp³-hybridized carbons (Fsp3) is 0.529. The topological polar surface area (TPSA) is 79.5 Å². The first-order valence-electron chi connectivity index (χ1n) is 8.32. The third kappa shape index (κ3) is 3.97. The van der Waals surface area contributed by atoms with Crippen molar-refractivity contribution in [3.05, 3.63) is 24.0 Å². The molecule has 0 spiro atoms. The maximum absolute atomic E-state index is 12.3. The highest BCUT2D eigenvalue weighted by molar-refractivity contribution is 5.77. The van der Waals surface area contributed by atoms with Gasteiger partial charge in [-0.2, -0.15) is 0 Å². The summed E-state index contributed by atoms with van der Waals surface area (Å²) in [4.78, 5) is 21.9. The molecule has 2 aromatic rings. The number of rotatable bonds is 4. The molecule has 1 aromatic carbocycles. The molecule has 0 saturated carbocycles. The lowest BCUT2D eigenvalue weighted by Gasteiger charge is -2.22. The molecule has 2 heterocycles. The molecule has 7 heteroatoms. The number of nitrogens with zero attached hydrogens (tertiary/aromatic N) is 2. The molecule has 7 nitrogen and oxygen atoms in total. The Kier molecular flexibility index (Phi) is 5.20. The number of nitrogens with one attached hydrogen (secondary N) is 2. The predicted molar refractivity (Wildman–Crippen MR) is 91.4 cm³/mol. The van der Waals surface area contributed by atoms with E-state index in [4.69, 9.17) is 9.47 Å². The number of amides is 2. The van der Waals surface area contributed by atoms with Crippen molar-refractivity contribution >= 4 is 17.1 Å². The minimum absolute atomic E-state index is 0.0369. The molecule has 3 rings (SSSR count). The Morgan fingerprint density at radius 1 is 1.54 bits per heavy atom. The Balaban J connectivity index is 1.53. The van der Waals surface area contributed by atoms with Crippen LogP contribution in [0.1, 0.15) is 19.2 Å². The van der Waals surface area contributed by atoms with E-state index in [-0.39, 0.29) is 12.1 Å². The Morgan fingerprint density at radius 2 is 2.42 bits per heavy atom. The van der Waals surface area contributed by atoms with Crippen LogP contribution < -0.4 is 10.1 Å². The molecule has 130 valence electrons. The summed E-state index contributed by atoms with van der Waals surface area (Å²) < 4.78 is 10.8. The van der Waals surface area contributed by atoms with Gasteiger partial charge in [0.25, 0.3) is 0 Å². The van der Waals surface area contributed by atoms with Gasteiger partial charge >= 0.3 is 6.03 Å². The van der Waals surface area contributed by atoms with E-state index in [9.17, 15) is 4.79 Å². The van der Waals surface area contributed by atoms with Crippen LogP contribution in [0.15, 0.2) is 18.2 Å². The molecule has 1 aliphatic heterocycles. The van der Waals surface area contributed by atoms with Gasteiger partial charge in [0.1, 0.15) is 11.6 Å². The summed E-state index contributed by atoms with van der Waals surface area (Å²) in [5.41, 5.74) is 1.84. The monoisotopic (exact) mass is 332 g/mol. The van der Waals surface area contributed by atoms with Crippen LogP contribution in [0.25, 0.3) is 11.0 Å². The predicted octanol–water partition coefficient (Wildman–Crippen LogP) is 1.93. The second-order valence-electron chi connectivity index (χ2n) is 6.03.